The molecule has 1 aromatic rings. The number of hydrogen-bond donors (Lipinski definition) is 2. The van der Waals surface area contributed by atoms with Gasteiger partial charge in [-0.2, -0.15) is 4.98 Å². The van der Waals surface area contributed by atoms with Crippen LogP contribution >= 0.6 is 0 Å². The lowest BCUT2D eigenvalue weighted by atomic mass is 9.97. The average Bonchev–Trinajstić information content (AvgIpc) is 3.05. The number of hydrogen-bond acceptors (Lipinski definition) is 5. The van der Waals surface area contributed by atoms with Crippen molar-refractivity contribution in [2.45, 2.75) is 58.1 Å². The van der Waals surface area contributed by atoms with Crippen LogP contribution in [0.1, 0.15) is 51.7 Å². The number of carbonyl (C=O) groups is 1. The van der Waals surface area contributed by atoms with Gasteiger partial charge >= 0.3 is 6.03 Å². The molecule has 1 heterocycles. The molecule has 1 aliphatic carbocycles. The van der Waals surface area contributed by atoms with Crippen molar-refractivity contribution in [1.29, 1.82) is 0 Å². The molecule has 2 rings (SSSR count). The van der Waals surface area contributed by atoms with E-state index in [9.17, 15) is 9.90 Å². The summed E-state index contributed by atoms with van der Waals surface area (Å²) in [5.74, 6) is 1.19. The first-order valence-electron chi connectivity index (χ1n) is 7.77. The molecule has 2 unspecified atom stereocenters. The number of carbonyl (C=O) groups excluding carboxylic acids is 1. The monoisotopic (exact) mass is 310 g/mol. The van der Waals surface area contributed by atoms with Gasteiger partial charge in [0.05, 0.1) is 12.6 Å². The highest BCUT2D eigenvalue weighted by Gasteiger charge is 2.27. The molecule has 1 aliphatic rings. The molecule has 1 fully saturated rings. The molecule has 7 nitrogen and oxygen atoms in total. The first kappa shape index (κ1) is 16.7. The highest BCUT2D eigenvalue weighted by atomic mass is 16.5. The number of urea groups is 1. The van der Waals surface area contributed by atoms with Gasteiger partial charge in [0, 0.05) is 24.9 Å². The first-order chi connectivity index (χ1) is 10.3. The Hall–Kier alpha value is -1.63. The minimum atomic E-state index is -0.290. The van der Waals surface area contributed by atoms with Crippen molar-refractivity contribution in [3.05, 3.63) is 11.7 Å². The van der Waals surface area contributed by atoms with Crippen LogP contribution in [0.3, 0.4) is 0 Å². The maximum absolute atomic E-state index is 12.1. The number of nitrogens with one attached hydrogen (secondary N) is 1. The largest absolute Gasteiger partial charge is 0.393 e. The Morgan fingerprint density at radius 3 is 2.73 bits per heavy atom. The van der Waals surface area contributed by atoms with E-state index < -0.39 is 0 Å². The number of nitrogens with zero attached hydrogens (tertiary/aromatic N) is 3. The zero-order valence-corrected chi connectivity index (χ0v) is 13.8. The standard InChI is InChI=1S/C15H26N4O3/c1-15(2,3)13-17-12(18-22-13)8-16-14(21)19(4)9-10-6-5-7-11(10)20/h10-11,20H,5-9H2,1-4H3,(H,16,21). The van der Waals surface area contributed by atoms with Crippen molar-refractivity contribution in [1.82, 2.24) is 20.4 Å². The number of amides is 2. The molecule has 0 bridgehead atoms. The second-order valence-corrected chi connectivity index (χ2v) is 7.06. The summed E-state index contributed by atoms with van der Waals surface area (Å²) in [6.45, 7) is 6.76. The van der Waals surface area contributed by atoms with E-state index in [2.05, 4.69) is 15.5 Å². The van der Waals surface area contributed by atoms with E-state index in [-0.39, 0.29) is 30.0 Å². The van der Waals surface area contributed by atoms with Crippen LogP contribution in [0.25, 0.3) is 0 Å². The summed E-state index contributed by atoms with van der Waals surface area (Å²) in [5, 5.41) is 16.5. The number of aliphatic hydroxyl groups is 1. The smallest absolute Gasteiger partial charge is 0.317 e. The van der Waals surface area contributed by atoms with Gasteiger partial charge in [0.25, 0.3) is 0 Å². The molecule has 1 saturated carbocycles. The molecular formula is C15H26N4O3. The van der Waals surface area contributed by atoms with Crippen LogP contribution in [0.4, 0.5) is 4.79 Å². The van der Waals surface area contributed by atoms with Gasteiger partial charge in [0.15, 0.2) is 5.82 Å². The second-order valence-electron chi connectivity index (χ2n) is 7.06. The fraction of sp³-hybridized carbons (Fsp3) is 0.800. The van der Waals surface area contributed by atoms with Crippen molar-refractivity contribution in [2.24, 2.45) is 5.92 Å². The van der Waals surface area contributed by atoms with Crippen molar-refractivity contribution in [3.63, 3.8) is 0 Å². The third kappa shape index (κ3) is 4.19. The number of rotatable bonds is 4. The lowest BCUT2D eigenvalue weighted by Crippen LogP contribution is -2.41. The molecule has 2 N–H and O–H groups in total. The first-order valence-corrected chi connectivity index (χ1v) is 7.77. The molecule has 0 spiro atoms. The molecule has 0 aliphatic heterocycles. The van der Waals surface area contributed by atoms with Gasteiger partial charge in [0.1, 0.15) is 0 Å². The van der Waals surface area contributed by atoms with E-state index in [4.69, 9.17) is 4.52 Å². The molecule has 7 heteroatoms. The lowest BCUT2D eigenvalue weighted by molar-refractivity contribution is 0.114. The van der Waals surface area contributed by atoms with Crippen LogP contribution in [0, 0.1) is 5.92 Å². The number of aliphatic hydroxyl groups excluding tert-OH is 1. The fourth-order valence-electron chi connectivity index (χ4n) is 2.58. The summed E-state index contributed by atoms with van der Waals surface area (Å²) in [6, 6.07) is -0.193. The zero-order chi connectivity index (χ0) is 16.3. The Labute approximate surface area is 131 Å². The third-order valence-corrected chi connectivity index (χ3v) is 3.98. The summed E-state index contributed by atoms with van der Waals surface area (Å²) in [7, 11) is 1.73. The van der Waals surface area contributed by atoms with Crippen molar-refractivity contribution in [2.75, 3.05) is 13.6 Å². The van der Waals surface area contributed by atoms with Crippen molar-refractivity contribution < 1.29 is 14.4 Å². The van der Waals surface area contributed by atoms with Gasteiger partial charge in [-0.1, -0.05) is 32.3 Å². The lowest BCUT2D eigenvalue weighted by Gasteiger charge is -2.23. The van der Waals surface area contributed by atoms with Crippen LogP contribution < -0.4 is 5.32 Å². The summed E-state index contributed by atoms with van der Waals surface area (Å²) in [4.78, 5) is 17.9. The molecule has 22 heavy (non-hydrogen) atoms. The summed E-state index contributed by atoms with van der Waals surface area (Å²) < 4.78 is 5.18. The van der Waals surface area contributed by atoms with Crippen LogP contribution in [0.5, 0.6) is 0 Å². The van der Waals surface area contributed by atoms with Crippen molar-refractivity contribution >= 4 is 6.03 Å². The van der Waals surface area contributed by atoms with E-state index in [0.717, 1.165) is 19.3 Å². The molecule has 1 aromatic heterocycles. The molecule has 0 saturated heterocycles. The van der Waals surface area contributed by atoms with Crippen LogP contribution in [0.15, 0.2) is 4.52 Å². The Bertz CT molecular complexity index is 509. The van der Waals surface area contributed by atoms with E-state index in [1.54, 1.807) is 11.9 Å². The van der Waals surface area contributed by atoms with Gasteiger partial charge in [0.2, 0.25) is 5.89 Å². The van der Waals surface area contributed by atoms with Gasteiger partial charge in [-0.05, 0) is 12.8 Å². The molecule has 2 atom stereocenters. The van der Waals surface area contributed by atoms with E-state index in [1.165, 1.54) is 0 Å². The van der Waals surface area contributed by atoms with Crippen LogP contribution in [0.2, 0.25) is 0 Å². The van der Waals surface area contributed by atoms with Gasteiger partial charge in [-0.15, -0.1) is 0 Å². The molecule has 2 amide bonds. The maximum atomic E-state index is 12.1. The Balaban J connectivity index is 1.80. The summed E-state index contributed by atoms with van der Waals surface area (Å²) in [6.07, 6.45) is 2.54. The highest BCUT2D eigenvalue weighted by molar-refractivity contribution is 5.73. The minimum absolute atomic E-state index is 0.174. The van der Waals surface area contributed by atoms with Gasteiger partial charge in [-0.25, -0.2) is 4.79 Å². The van der Waals surface area contributed by atoms with Crippen LogP contribution in [-0.2, 0) is 12.0 Å². The highest BCUT2D eigenvalue weighted by Crippen LogP contribution is 2.26. The predicted molar refractivity (Wildman–Crippen MR) is 81.2 cm³/mol. The Morgan fingerprint density at radius 2 is 2.18 bits per heavy atom. The molecule has 0 aromatic carbocycles. The van der Waals surface area contributed by atoms with Gasteiger partial charge in [-0.3, -0.25) is 0 Å². The van der Waals surface area contributed by atoms with Crippen LogP contribution in [-0.4, -0.2) is 45.9 Å². The summed E-state index contributed by atoms with van der Waals surface area (Å²) in [5.41, 5.74) is -0.204. The van der Waals surface area contributed by atoms with E-state index >= 15 is 0 Å². The van der Waals surface area contributed by atoms with Crippen molar-refractivity contribution in [3.8, 4) is 0 Å². The zero-order valence-electron chi connectivity index (χ0n) is 13.8. The summed E-state index contributed by atoms with van der Waals surface area (Å²) >= 11 is 0. The predicted octanol–water partition coefficient (Wildman–Crippen LogP) is 1.67. The SMILES string of the molecule is CN(CC1CCCC1O)C(=O)NCc1noc(C(C)(C)C)n1. The Morgan fingerprint density at radius 1 is 1.45 bits per heavy atom. The Kier molecular flexibility index (Phi) is 5.05. The molecule has 124 valence electrons. The maximum Gasteiger partial charge on any atom is 0.317 e. The third-order valence-electron chi connectivity index (χ3n) is 3.98. The fourth-order valence-corrected chi connectivity index (χ4v) is 2.58. The number of aromatic nitrogens is 2. The van der Waals surface area contributed by atoms with E-state index in [0.29, 0.717) is 18.3 Å². The molecule has 0 radical (unpaired) electrons. The normalized spacial score (nSPS) is 21.9. The topological polar surface area (TPSA) is 91.5 Å². The van der Waals surface area contributed by atoms with E-state index in [1.807, 2.05) is 20.8 Å². The van der Waals surface area contributed by atoms with Gasteiger partial charge < -0.3 is 19.8 Å². The average molecular weight is 310 g/mol. The quantitative estimate of drug-likeness (QED) is 0.882. The molecular weight excluding hydrogens is 284 g/mol. The second kappa shape index (κ2) is 6.64. The minimum Gasteiger partial charge on any atom is -0.393 e.